The third kappa shape index (κ3) is 4.25. The maximum absolute atomic E-state index is 13.1. The van der Waals surface area contributed by atoms with Crippen molar-refractivity contribution < 1.29 is 13.5 Å². The smallest absolute Gasteiger partial charge is 0.159 e. The van der Waals surface area contributed by atoms with Crippen LogP contribution in [-0.4, -0.2) is 7.11 Å². The van der Waals surface area contributed by atoms with Crippen LogP contribution in [0.25, 0.3) is 0 Å². The zero-order valence-corrected chi connectivity index (χ0v) is 14.4. The molecule has 2 rings (SSSR count). The minimum atomic E-state index is -0.832. The van der Waals surface area contributed by atoms with Crippen molar-refractivity contribution in [2.24, 2.45) is 0 Å². The number of ether oxygens (including phenoxy) is 1. The SMILES string of the molecule is COc1c(Br)cc(CNCc2ccc(F)c(F)c2)cc1Br. The minimum Gasteiger partial charge on any atom is -0.494 e. The topological polar surface area (TPSA) is 21.3 Å². The molecule has 0 aliphatic heterocycles. The summed E-state index contributed by atoms with van der Waals surface area (Å²) in [6.45, 7) is 1.05. The Bertz CT molecular complexity index is 627. The molecule has 0 amide bonds. The van der Waals surface area contributed by atoms with Gasteiger partial charge in [-0.1, -0.05) is 6.07 Å². The van der Waals surface area contributed by atoms with Crippen molar-refractivity contribution in [2.45, 2.75) is 13.1 Å². The molecule has 0 aliphatic rings. The molecule has 0 aliphatic carbocycles. The van der Waals surface area contributed by atoms with E-state index in [0.29, 0.717) is 18.7 Å². The van der Waals surface area contributed by atoms with E-state index >= 15 is 0 Å². The van der Waals surface area contributed by atoms with Crippen LogP contribution in [0.5, 0.6) is 5.75 Å². The predicted molar refractivity (Wildman–Crippen MR) is 85.3 cm³/mol. The van der Waals surface area contributed by atoms with Gasteiger partial charge in [0.05, 0.1) is 16.1 Å². The standard InChI is InChI=1S/C15H13Br2F2NO/c1-21-15-11(16)4-10(5-12(15)17)8-20-7-9-2-3-13(18)14(19)6-9/h2-6,20H,7-8H2,1H3. The normalized spacial score (nSPS) is 10.7. The summed E-state index contributed by atoms with van der Waals surface area (Å²) in [6.07, 6.45) is 0. The number of nitrogens with one attached hydrogen (secondary N) is 1. The molecule has 0 saturated heterocycles. The van der Waals surface area contributed by atoms with Gasteiger partial charge < -0.3 is 10.1 Å². The molecule has 0 heterocycles. The molecule has 0 bridgehead atoms. The Morgan fingerprint density at radius 2 is 1.57 bits per heavy atom. The molecule has 0 spiro atoms. The molecule has 1 N–H and O–H groups in total. The van der Waals surface area contributed by atoms with Crippen molar-refractivity contribution in [3.63, 3.8) is 0 Å². The van der Waals surface area contributed by atoms with Gasteiger partial charge >= 0.3 is 0 Å². The number of methoxy groups -OCH3 is 1. The van der Waals surface area contributed by atoms with E-state index in [-0.39, 0.29) is 0 Å². The summed E-state index contributed by atoms with van der Waals surface area (Å²) in [5, 5.41) is 3.18. The molecule has 112 valence electrons. The summed E-state index contributed by atoms with van der Waals surface area (Å²) in [4.78, 5) is 0. The lowest BCUT2D eigenvalue weighted by atomic mass is 10.2. The molecular formula is C15H13Br2F2NO. The fraction of sp³-hybridized carbons (Fsp3) is 0.200. The van der Waals surface area contributed by atoms with Crippen LogP contribution in [0, 0.1) is 11.6 Å². The van der Waals surface area contributed by atoms with E-state index in [1.54, 1.807) is 13.2 Å². The van der Waals surface area contributed by atoms with E-state index in [2.05, 4.69) is 37.2 Å². The quantitative estimate of drug-likeness (QED) is 0.750. The molecule has 2 nitrogen and oxygen atoms in total. The van der Waals surface area contributed by atoms with Crippen LogP contribution < -0.4 is 10.1 Å². The highest BCUT2D eigenvalue weighted by Gasteiger charge is 2.08. The first kappa shape index (κ1) is 16.4. The number of rotatable bonds is 5. The molecule has 0 fully saturated rings. The van der Waals surface area contributed by atoms with Gasteiger partial charge in [0, 0.05) is 13.1 Å². The van der Waals surface area contributed by atoms with Gasteiger partial charge in [-0.25, -0.2) is 8.78 Å². The lowest BCUT2D eigenvalue weighted by Gasteiger charge is -2.10. The molecule has 2 aromatic rings. The van der Waals surface area contributed by atoms with Crippen molar-refractivity contribution in [1.82, 2.24) is 5.32 Å². The summed E-state index contributed by atoms with van der Waals surface area (Å²) in [6, 6.07) is 7.78. The Morgan fingerprint density at radius 1 is 0.952 bits per heavy atom. The van der Waals surface area contributed by atoms with Crippen LogP contribution in [0.3, 0.4) is 0 Å². The summed E-state index contributed by atoms with van der Waals surface area (Å²) < 4.78 is 32.9. The fourth-order valence-electron chi connectivity index (χ4n) is 1.91. The molecule has 2 aromatic carbocycles. The average Bonchev–Trinajstić information content (AvgIpc) is 2.42. The van der Waals surface area contributed by atoms with E-state index in [1.165, 1.54) is 6.07 Å². The summed E-state index contributed by atoms with van der Waals surface area (Å²) in [7, 11) is 1.60. The molecule has 0 atom stereocenters. The van der Waals surface area contributed by atoms with Crippen molar-refractivity contribution in [3.05, 3.63) is 62.0 Å². The number of hydrogen-bond donors (Lipinski definition) is 1. The number of hydrogen-bond acceptors (Lipinski definition) is 2. The van der Waals surface area contributed by atoms with Crippen LogP contribution in [0.4, 0.5) is 8.78 Å². The molecular weight excluding hydrogens is 408 g/mol. The summed E-state index contributed by atoms with van der Waals surface area (Å²) in [5.41, 5.74) is 1.73. The van der Waals surface area contributed by atoms with Crippen LogP contribution in [0.2, 0.25) is 0 Å². The molecule has 0 saturated carbocycles. The van der Waals surface area contributed by atoms with Gasteiger partial charge in [0.15, 0.2) is 11.6 Å². The second kappa shape index (κ2) is 7.33. The van der Waals surface area contributed by atoms with Gasteiger partial charge in [0.25, 0.3) is 0 Å². The van der Waals surface area contributed by atoms with Gasteiger partial charge in [0.2, 0.25) is 0 Å². The first-order valence-electron chi connectivity index (χ1n) is 6.18. The summed E-state index contributed by atoms with van der Waals surface area (Å²) in [5.74, 6) is -0.926. The first-order chi connectivity index (χ1) is 10.0. The van der Waals surface area contributed by atoms with Crippen LogP contribution in [0.15, 0.2) is 39.3 Å². The molecule has 21 heavy (non-hydrogen) atoms. The lowest BCUT2D eigenvalue weighted by Crippen LogP contribution is -2.13. The maximum Gasteiger partial charge on any atom is 0.159 e. The van der Waals surface area contributed by atoms with E-state index in [0.717, 1.165) is 26.3 Å². The van der Waals surface area contributed by atoms with Gasteiger partial charge in [0.1, 0.15) is 5.75 Å². The highest BCUT2D eigenvalue weighted by Crippen LogP contribution is 2.34. The number of halogens is 4. The van der Waals surface area contributed by atoms with Crippen molar-refractivity contribution in [2.75, 3.05) is 7.11 Å². The molecule has 0 aromatic heterocycles. The van der Waals surface area contributed by atoms with Gasteiger partial charge in [-0.2, -0.15) is 0 Å². The van der Waals surface area contributed by atoms with Crippen molar-refractivity contribution >= 4 is 31.9 Å². The Morgan fingerprint density at radius 3 is 2.14 bits per heavy atom. The van der Waals surface area contributed by atoms with Crippen LogP contribution in [-0.2, 0) is 13.1 Å². The van der Waals surface area contributed by atoms with Crippen LogP contribution >= 0.6 is 31.9 Å². The zero-order valence-electron chi connectivity index (χ0n) is 11.2. The van der Waals surface area contributed by atoms with Crippen molar-refractivity contribution in [3.8, 4) is 5.75 Å². The van der Waals surface area contributed by atoms with E-state index in [4.69, 9.17) is 4.74 Å². The maximum atomic E-state index is 13.1. The largest absolute Gasteiger partial charge is 0.494 e. The van der Waals surface area contributed by atoms with Gasteiger partial charge in [-0.3, -0.25) is 0 Å². The van der Waals surface area contributed by atoms with Gasteiger partial charge in [-0.05, 0) is 67.3 Å². The zero-order chi connectivity index (χ0) is 15.4. The lowest BCUT2D eigenvalue weighted by molar-refractivity contribution is 0.409. The Balaban J connectivity index is 1.98. The van der Waals surface area contributed by atoms with Crippen LogP contribution in [0.1, 0.15) is 11.1 Å². The highest BCUT2D eigenvalue weighted by atomic mass is 79.9. The van der Waals surface area contributed by atoms with Gasteiger partial charge in [-0.15, -0.1) is 0 Å². The molecule has 0 unspecified atom stereocenters. The summed E-state index contributed by atoms with van der Waals surface area (Å²) >= 11 is 6.88. The average molecular weight is 421 g/mol. The second-order valence-corrected chi connectivity index (χ2v) is 6.15. The predicted octanol–water partition coefficient (Wildman–Crippen LogP) is 4.79. The fourth-order valence-corrected chi connectivity index (χ4v) is 3.52. The third-order valence-corrected chi connectivity index (χ3v) is 4.08. The number of benzene rings is 2. The Labute approximate surface area is 138 Å². The molecule has 6 heteroatoms. The third-order valence-electron chi connectivity index (χ3n) is 2.90. The second-order valence-electron chi connectivity index (χ2n) is 4.44. The van der Waals surface area contributed by atoms with E-state index in [9.17, 15) is 8.78 Å². The van der Waals surface area contributed by atoms with E-state index in [1.807, 2.05) is 12.1 Å². The monoisotopic (exact) mass is 419 g/mol. The first-order valence-corrected chi connectivity index (χ1v) is 7.76. The van der Waals surface area contributed by atoms with E-state index < -0.39 is 11.6 Å². The minimum absolute atomic E-state index is 0.457. The molecule has 0 radical (unpaired) electrons. The van der Waals surface area contributed by atoms with Crippen molar-refractivity contribution in [1.29, 1.82) is 0 Å². The highest BCUT2D eigenvalue weighted by molar-refractivity contribution is 9.11. The Kier molecular flexibility index (Phi) is 5.72. The Hall–Kier alpha value is -0.980.